The lowest BCUT2D eigenvalue weighted by molar-refractivity contribution is -0.118. The van der Waals surface area contributed by atoms with Gasteiger partial charge in [-0.25, -0.2) is 5.43 Å². The maximum atomic E-state index is 12.7. The van der Waals surface area contributed by atoms with E-state index in [1.54, 1.807) is 32.2 Å². The maximum Gasteiger partial charge on any atom is 0.272 e. The molecule has 1 atom stereocenters. The van der Waals surface area contributed by atoms with Gasteiger partial charge in [0.25, 0.3) is 11.8 Å². The number of rotatable bonds is 4. The molecule has 2 amide bonds. The van der Waals surface area contributed by atoms with Gasteiger partial charge in [0.05, 0.1) is 22.7 Å². The van der Waals surface area contributed by atoms with Crippen molar-refractivity contribution in [3.8, 4) is 0 Å². The molecular formula is C18H17N5O2. The van der Waals surface area contributed by atoms with E-state index in [1.165, 1.54) is 11.2 Å². The van der Waals surface area contributed by atoms with Crippen LogP contribution in [-0.4, -0.2) is 28.2 Å². The second-order valence-corrected chi connectivity index (χ2v) is 5.60. The Labute approximate surface area is 145 Å². The fourth-order valence-corrected chi connectivity index (χ4v) is 2.57. The number of amides is 2. The molecule has 25 heavy (non-hydrogen) atoms. The molecule has 0 saturated heterocycles. The summed E-state index contributed by atoms with van der Waals surface area (Å²) in [6.07, 6.45) is 3.03. The van der Waals surface area contributed by atoms with Crippen molar-refractivity contribution in [2.45, 2.75) is 13.8 Å². The molecule has 1 N–H and O–H groups in total. The molecule has 0 spiro atoms. The number of para-hydroxylation sites is 1. The van der Waals surface area contributed by atoms with Crippen LogP contribution in [0.1, 0.15) is 24.2 Å². The topological polar surface area (TPSA) is 87.0 Å². The van der Waals surface area contributed by atoms with Gasteiger partial charge < -0.3 is 0 Å². The average Bonchev–Trinajstić information content (AvgIpc) is 2.95. The van der Waals surface area contributed by atoms with Crippen LogP contribution in [0, 0.1) is 5.92 Å². The van der Waals surface area contributed by atoms with Crippen molar-refractivity contribution in [1.29, 1.82) is 0 Å². The van der Waals surface area contributed by atoms with Crippen LogP contribution in [0.4, 0.5) is 5.69 Å². The molecule has 7 heteroatoms. The van der Waals surface area contributed by atoms with Gasteiger partial charge in [-0.05, 0) is 38.1 Å². The second-order valence-electron chi connectivity index (χ2n) is 5.60. The van der Waals surface area contributed by atoms with E-state index in [0.717, 1.165) is 0 Å². The van der Waals surface area contributed by atoms with E-state index >= 15 is 0 Å². The first-order valence-corrected chi connectivity index (χ1v) is 7.76. The zero-order chi connectivity index (χ0) is 17.8. The molecule has 0 saturated carbocycles. The standard InChI is InChI=1S/C18H17N5O2/c1-12(20-21-17(24)14-7-6-10-19-11-14)16-13(2)22-23(18(16)25)15-8-4-3-5-9-15/h3-11,16H,1-2H3,(H,21,24)/b20-12+. The summed E-state index contributed by atoms with van der Waals surface area (Å²) in [4.78, 5) is 28.6. The Kier molecular flexibility index (Phi) is 4.65. The summed E-state index contributed by atoms with van der Waals surface area (Å²) in [5.74, 6) is -1.16. The van der Waals surface area contributed by atoms with Crippen molar-refractivity contribution in [2.24, 2.45) is 16.1 Å². The van der Waals surface area contributed by atoms with E-state index in [4.69, 9.17) is 0 Å². The maximum absolute atomic E-state index is 12.7. The Hall–Kier alpha value is -3.35. The molecule has 3 rings (SSSR count). The first kappa shape index (κ1) is 16.5. The number of anilines is 1. The van der Waals surface area contributed by atoms with Crippen molar-refractivity contribution in [2.75, 3.05) is 5.01 Å². The first-order valence-electron chi connectivity index (χ1n) is 7.76. The summed E-state index contributed by atoms with van der Waals surface area (Å²) in [5.41, 5.74) is 4.65. The van der Waals surface area contributed by atoms with Crippen LogP contribution in [0.5, 0.6) is 0 Å². The van der Waals surface area contributed by atoms with Crippen LogP contribution >= 0.6 is 0 Å². The summed E-state index contributed by atoms with van der Waals surface area (Å²) in [5, 5.41) is 9.76. The minimum Gasteiger partial charge on any atom is -0.271 e. The first-order chi connectivity index (χ1) is 12.1. The van der Waals surface area contributed by atoms with Crippen molar-refractivity contribution in [3.63, 3.8) is 0 Å². The number of carbonyl (C=O) groups excluding carboxylic acids is 2. The second kappa shape index (κ2) is 7.04. The van der Waals surface area contributed by atoms with Crippen LogP contribution in [0.15, 0.2) is 65.1 Å². The fourth-order valence-electron chi connectivity index (χ4n) is 2.57. The number of nitrogens with zero attached hydrogens (tertiary/aromatic N) is 4. The van der Waals surface area contributed by atoms with Gasteiger partial charge in [0.2, 0.25) is 0 Å². The van der Waals surface area contributed by atoms with Gasteiger partial charge in [0.15, 0.2) is 0 Å². The minimum absolute atomic E-state index is 0.194. The largest absolute Gasteiger partial charge is 0.272 e. The number of hydrazone groups is 2. The highest BCUT2D eigenvalue weighted by atomic mass is 16.2. The Balaban J connectivity index is 1.74. The van der Waals surface area contributed by atoms with E-state index < -0.39 is 5.92 Å². The number of hydrogen-bond donors (Lipinski definition) is 1. The summed E-state index contributed by atoms with van der Waals surface area (Å²) in [6.45, 7) is 3.47. The Morgan fingerprint density at radius 1 is 1.20 bits per heavy atom. The van der Waals surface area contributed by atoms with E-state index in [2.05, 4.69) is 20.6 Å². The van der Waals surface area contributed by atoms with Crippen molar-refractivity contribution >= 4 is 28.9 Å². The molecule has 126 valence electrons. The van der Waals surface area contributed by atoms with Crippen LogP contribution in [0.2, 0.25) is 0 Å². The van der Waals surface area contributed by atoms with Gasteiger partial charge in [-0.2, -0.15) is 15.2 Å². The highest BCUT2D eigenvalue weighted by Gasteiger charge is 2.36. The van der Waals surface area contributed by atoms with E-state index in [-0.39, 0.29) is 11.8 Å². The highest BCUT2D eigenvalue weighted by Crippen LogP contribution is 2.24. The number of aromatic nitrogens is 1. The molecule has 2 heterocycles. The van der Waals surface area contributed by atoms with Gasteiger partial charge in [-0.1, -0.05) is 18.2 Å². The molecule has 1 aromatic carbocycles. The predicted octanol–water partition coefficient (Wildman–Crippen LogP) is 2.23. The zero-order valence-corrected chi connectivity index (χ0v) is 13.9. The van der Waals surface area contributed by atoms with Crippen molar-refractivity contribution in [1.82, 2.24) is 10.4 Å². The van der Waals surface area contributed by atoms with Crippen LogP contribution in [0.25, 0.3) is 0 Å². The molecule has 0 aliphatic carbocycles. The third kappa shape index (κ3) is 3.45. The summed E-state index contributed by atoms with van der Waals surface area (Å²) < 4.78 is 0. The fraction of sp³-hybridized carbons (Fsp3) is 0.167. The van der Waals surface area contributed by atoms with E-state index in [1.807, 2.05) is 30.3 Å². The van der Waals surface area contributed by atoms with Crippen LogP contribution in [-0.2, 0) is 4.79 Å². The Morgan fingerprint density at radius 3 is 2.64 bits per heavy atom. The molecule has 1 aliphatic heterocycles. The SMILES string of the molecule is CC1=NN(c2ccccc2)C(=O)C1/C(C)=N/NC(=O)c1cccnc1. The number of benzene rings is 1. The number of carbonyl (C=O) groups is 2. The predicted molar refractivity (Wildman–Crippen MR) is 95.3 cm³/mol. The van der Waals surface area contributed by atoms with Gasteiger partial charge in [-0.15, -0.1) is 0 Å². The summed E-state index contributed by atoms with van der Waals surface area (Å²) >= 11 is 0. The monoisotopic (exact) mass is 335 g/mol. The molecule has 1 unspecified atom stereocenters. The van der Waals surface area contributed by atoms with Gasteiger partial charge in [0, 0.05) is 12.4 Å². The average molecular weight is 335 g/mol. The van der Waals surface area contributed by atoms with Crippen molar-refractivity contribution in [3.05, 3.63) is 60.4 Å². The van der Waals surface area contributed by atoms with Gasteiger partial charge in [0.1, 0.15) is 5.92 Å². The Morgan fingerprint density at radius 2 is 1.96 bits per heavy atom. The lowest BCUT2D eigenvalue weighted by Crippen LogP contribution is -2.33. The Bertz CT molecular complexity index is 846. The minimum atomic E-state index is -0.589. The quantitative estimate of drug-likeness (QED) is 0.686. The lowest BCUT2D eigenvalue weighted by Gasteiger charge is -2.14. The molecule has 0 bridgehead atoms. The summed E-state index contributed by atoms with van der Waals surface area (Å²) in [6, 6.07) is 12.5. The molecule has 1 aromatic heterocycles. The highest BCUT2D eigenvalue weighted by molar-refractivity contribution is 6.27. The van der Waals surface area contributed by atoms with E-state index in [0.29, 0.717) is 22.7 Å². The number of hydrogen-bond acceptors (Lipinski definition) is 5. The molecule has 0 fully saturated rings. The third-order valence-corrected chi connectivity index (χ3v) is 3.81. The smallest absolute Gasteiger partial charge is 0.271 e. The summed E-state index contributed by atoms with van der Waals surface area (Å²) in [7, 11) is 0. The van der Waals surface area contributed by atoms with Crippen LogP contribution < -0.4 is 10.4 Å². The molecular weight excluding hydrogens is 318 g/mol. The third-order valence-electron chi connectivity index (χ3n) is 3.81. The van der Waals surface area contributed by atoms with Crippen molar-refractivity contribution < 1.29 is 9.59 Å². The lowest BCUT2D eigenvalue weighted by atomic mass is 9.99. The normalized spacial score (nSPS) is 17.4. The molecule has 7 nitrogen and oxygen atoms in total. The van der Waals surface area contributed by atoms with Crippen LogP contribution in [0.3, 0.4) is 0 Å². The zero-order valence-electron chi connectivity index (χ0n) is 13.9. The molecule has 2 aromatic rings. The molecule has 1 aliphatic rings. The van der Waals surface area contributed by atoms with Gasteiger partial charge >= 0.3 is 0 Å². The van der Waals surface area contributed by atoms with Gasteiger partial charge in [-0.3, -0.25) is 14.6 Å². The molecule has 0 radical (unpaired) electrons. The van der Waals surface area contributed by atoms with E-state index in [9.17, 15) is 9.59 Å². The number of nitrogens with one attached hydrogen (secondary N) is 1. The number of pyridine rings is 1.